The molecule has 1 saturated heterocycles. The second-order valence-electron chi connectivity index (χ2n) is 10.1. The summed E-state index contributed by atoms with van der Waals surface area (Å²) in [5.41, 5.74) is 3.85. The number of fused-ring (bicyclic) bond motifs is 3. The van der Waals surface area contributed by atoms with Crippen LogP contribution in [0.25, 0.3) is 11.3 Å². The predicted molar refractivity (Wildman–Crippen MR) is 159 cm³/mol. The summed E-state index contributed by atoms with van der Waals surface area (Å²) in [5.74, 6) is 0.276. The van der Waals surface area contributed by atoms with Crippen molar-refractivity contribution >= 4 is 34.9 Å². The van der Waals surface area contributed by atoms with Gasteiger partial charge in [-0.15, -0.1) is 0 Å². The van der Waals surface area contributed by atoms with Crippen molar-refractivity contribution in [3.8, 4) is 11.3 Å². The number of aromatic nitrogens is 2. The van der Waals surface area contributed by atoms with E-state index in [-0.39, 0.29) is 23.7 Å². The van der Waals surface area contributed by atoms with Crippen LogP contribution in [0.4, 0.5) is 24.8 Å². The number of hydrogen-bond donors (Lipinski definition) is 2. The lowest BCUT2D eigenvalue weighted by atomic mass is 9.93. The van der Waals surface area contributed by atoms with E-state index in [1.807, 2.05) is 14.0 Å². The molecule has 11 heteroatoms. The number of carbonyl (C=O) groups excluding carboxylic acids is 1. The molecular weight excluding hydrogens is 565 g/mol. The summed E-state index contributed by atoms with van der Waals surface area (Å²) in [4.78, 5) is 28.2. The highest BCUT2D eigenvalue weighted by Crippen LogP contribution is 2.36. The Hall–Kier alpha value is -4.02. The zero-order valence-corrected chi connectivity index (χ0v) is 23.9. The highest BCUT2D eigenvalue weighted by molar-refractivity contribution is 6.31. The Balaban J connectivity index is 1.43. The number of aliphatic imine (C=N–C) groups is 1. The topological polar surface area (TPSA) is 82.5 Å². The van der Waals surface area contributed by atoms with E-state index < -0.39 is 12.6 Å². The fourth-order valence-electron chi connectivity index (χ4n) is 4.85. The number of amides is 1. The van der Waals surface area contributed by atoms with Gasteiger partial charge in [0.2, 0.25) is 5.95 Å². The Morgan fingerprint density at radius 2 is 1.90 bits per heavy atom. The molecule has 2 aliphatic rings. The molecule has 2 N–H and O–H groups in total. The first kappa shape index (κ1) is 29.5. The largest absolute Gasteiger partial charge is 0.393 e. The van der Waals surface area contributed by atoms with Crippen LogP contribution in [0.3, 0.4) is 0 Å². The molecule has 0 radical (unpaired) electrons. The van der Waals surface area contributed by atoms with Gasteiger partial charge >= 0.3 is 6.18 Å². The number of rotatable bonds is 8. The van der Waals surface area contributed by atoms with Crippen molar-refractivity contribution in [3.05, 3.63) is 94.2 Å². The quantitative estimate of drug-likeness (QED) is 0.283. The fourth-order valence-corrected chi connectivity index (χ4v) is 5.02. The number of hydrogen-bond acceptors (Lipinski definition) is 6. The second kappa shape index (κ2) is 12.5. The minimum atomic E-state index is -4.42. The summed E-state index contributed by atoms with van der Waals surface area (Å²) in [6.45, 7) is 3.37. The summed E-state index contributed by atoms with van der Waals surface area (Å²) in [6, 6.07) is 12.4. The van der Waals surface area contributed by atoms with E-state index in [1.165, 1.54) is 6.08 Å². The van der Waals surface area contributed by atoms with Gasteiger partial charge in [0, 0.05) is 58.3 Å². The lowest BCUT2D eigenvalue weighted by molar-refractivity contribution is -0.126. The Kier molecular flexibility index (Phi) is 8.74. The maximum Gasteiger partial charge on any atom is 0.393 e. The maximum absolute atomic E-state index is 13.6. The molecule has 1 fully saturated rings. The van der Waals surface area contributed by atoms with Crippen LogP contribution in [0, 0.1) is 0 Å². The SMILES string of the molecule is CC/C=C\C=C(/CC(F)(F)F)C1=NCc2cnc(Nc3ccc(C(=O)N4CC(NC)C4)cc3)nc2-c2ccc(Cl)cc21. The molecule has 42 heavy (non-hydrogen) atoms. The van der Waals surface area contributed by atoms with Crippen molar-refractivity contribution in [3.63, 3.8) is 0 Å². The fraction of sp³-hybridized carbons (Fsp3) is 0.290. The van der Waals surface area contributed by atoms with Gasteiger partial charge in [0.15, 0.2) is 0 Å². The highest BCUT2D eigenvalue weighted by Gasteiger charge is 2.33. The molecule has 1 amide bonds. The van der Waals surface area contributed by atoms with E-state index in [9.17, 15) is 18.0 Å². The van der Waals surface area contributed by atoms with Crippen LogP contribution in [0.1, 0.15) is 41.3 Å². The van der Waals surface area contributed by atoms with Crippen LogP contribution in [0.15, 0.2) is 77.5 Å². The second-order valence-corrected chi connectivity index (χ2v) is 10.6. The third-order valence-corrected chi connectivity index (χ3v) is 7.33. The van der Waals surface area contributed by atoms with Crippen molar-refractivity contribution < 1.29 is 18.0 Å². The molecule has 2 aromatic carbocycles. The molecule has 0 spiro atoms. The van der Waals surface area contributed by atoms with Gasteiger partial charge in [0.25, 0.3) is 5.91 Å². The monoisotopic (exact) mass is 594 g/mol. The van der Waals surface area contributed by atoms with Crippen LogP contribution < -0.4 is 10.6 Å². The number of anilines is 2. The number of halogens is 4. The summed E-state index contributed by atoms with van der Waals surface area (Å²) >= 11 is 6.32. The summed E-state index contributed by atoms with van der Waals surface area (Å²) < 4.78 is 40.8. The average molecular weight is 595 g/mol. The van der Waals surface area contributed by atoms with Crippen LogP contribution in [0.2, 0.25) is 5.02 Å². The predicted octanol–water partition coefficient (Wildman–Crippen LogP) is 6.73. The lowest BCUT2D eigenvalue weighted by Crippen LogP contribution is -2.58. The summed E-state index contributed by atoms with van der Waals surface area (Å²) in [7, 11) is 1.88. The number of nitrogens with zero attached hydrogens (tertiary/aromatic N) is 4. The van der Waals surface area contributed by atoms with E-state index in [0.29, 0.717) is 70.2 Å². The molecule has 0 atom stereocenters. The van der Waals surface area contributed by atoms with E-state index in [2.05, 4.69) is 20.6 Å². The van der Waals surface area contributed by atoms with Crippen molar-refractivity contribution in [2.75, 3.05) is 25.5 Å². The minimum Gasteiger partial charge on any atom is -0.335 e. The first-order valence-electron chi connectivity index (χ1n) is 13.6. The van der Waals surface area contributed by atoms with E-state index in [4.69, 9.17) is 16.6 Å². The number of carbonyl (C=O) groups is 1. The van der Waals surface area contributed by atoms with Crippen LogP contribution in [-0.4, -0.2) is 58.8 Å². The molecule has 5 rings (SSSR count). The smallest absolute Gasteiger partial charge is 0.335 e. The number of alkyl halides is 3. The maximum atomic E-state index is 13.6. The number of nitrogens with one attached hydrogen (secondary N) is 2. The van der Waals surface area contributed by atoms with Gasteiger partial charge < -0.3 is 15.5 Å². The van der Waals surface area contributed by atoms with Gasteiger partial charge in [-0.3, -0.25) is 9.79 Å². The summed E-state index contributed by atoms with van der Waals surface area (Å²) in [6.07, 6.45) is 1.63. The van der Waals surface area contributed by atoms with Crippen molar-refractivity contribution in [2.24, 2.45) is 4.99 Å². The molecule has 2 aliphatic heterocycles. The average Bonchev–Trinajstić information content (AvgIpc) is 3.08. The van der Waals surface area contributed by atoms with Crippen molar-refractivity contribution in [1.29, 1.82) is 0 Å². The van der Waals surface area contributed by atoms with Gasteiger partial charge in [0.05, 0.1) is 24.4 Å². The van der Waals surface area contributed by atoms with Gasteiger partial charge in [-0.2, -0.15) is 13.2 Å². The molecule has 3 heterocycles. The third-order valence-electron chi connectivity index (χ3n) is 7.09. The molecule has 0 saturated carbocycles. The minimum absolute atomic E-state index is 0.0236. The van der Waals surface area contributed by atoms with Gasteiger partial charge in [-0.25, -0.2) is 9.97 Å². The zero-order chi connectivity index (χ0) is 29.9. The summed E-state index contributed by atoms with van der Waals surface area (Å²) in [5, 5.41) is 6.70. The van der Waals surface area contributed by atoms with Crippen LogP contribution in [0.5, 0.6) is 0 Å². The molecule has 3 aromatic rings. The van der Waals surface area contributed by atoms with E-state index >= 15 is 0 Å². The van der Waals surface area contributed by atoms with Gasteiger partial charge in [0.1, 0.15) is 0 Å². The first-order chi connectivity index (χ1) is 20.1. The number of likely N-dealkylation sites (N-methyl/N-ethyl adjacent to an activating group) is 1. The molecule has 218 valence electrons. The highest BCUT2D eigenvalue weighted by atomic mass is 35.5. The number of likely N-dealkylation sites (tertiary alicyclic amines) is 1. The Labute approximate surface area is 247 Å². The van der Waals surface area contributed by atoms with Crippen LogP contribution >= 0.6 is 11.6 Å². The van der Waals surface area contributed by atoms with Crippen LogP contribution in [-0.2, 0) is 6.54 Å². The van der Waals surface area contributed by atoms with Gasteiger partial charge in [-0.05, 0) is 55.4 Å². The van der Waals surface area contributed by atoms with Crippen molar-refractivity contribution in [1.82, 2.24) is 20.2 Å². The van der Waals surface area contributed by atoms with Crippen molar-refractivity contribution in [2.45, 2.75) is 38.5 Å². The Morgan fingerprint density at radius 1 is 1.14 bits per heavy atom. The molecule has 7 nitrogen and oxygen atoms in total. The normalized spacial score (nSPS) is 15.5. The molecular formula is C31H30ClF3N6O. The molecule has 1 aromatic heterocycles. The zero-order valence-electron chi connectivity index (χ0n) is 23.2. The third kappa shape index (κ3) is 6.71. The molecule has 0 bridgehead atoms. The lowest BCUT2D eigenvalue weighted by Gasteiger charge is -2.39. The van der Waals surface area contributed by atoms with E-state index in [0.717, 1.165) is 0 Å². The van der Waals surface area contributed by atoms with E-state index in [1.54, 1.807) is 65.7 Å². The standard InChI is InChI=1S/C31H30ClF3N6O/c1-3-4-5-6-20(14-31(33,34)35)27-26-13-22(32)9-12-25(26)28-21(15-37-27)16-38-30(40-28)39-23-10-7-19(8-11-23)29(42)41-17-24(18-41)36-2/h4-13,16,24,36H,3,14-15,17-18H2,1-2H3,(H,38,39,40)/b5-4-,20-6+. The molecule has 0 aliphatic carbocycles. The Bertz CT molecular complexity index is 1560. The number of allylic oxidation sites excluding steroid dienone is 4. The Morgan fingerprint density at radius 3 is 2.60 bits per heavy atom. The molecule has 0 unspecified atom stereocenters. The number of benzene rings is 2. The van der Waals surface area contributed by atoms with Gasteiger partial charge in [-0.1, -0.05) is 42.8 Å². The first-order valence-corrected chi connectivity index (χ1v) is 14.0.